The zero-order valence-electron chi connectivity index (χ0n) is 7.11. The van der Waals surface area contributed by atoms with E-state index in [1.165, 1.54) is 18.6 Å². The Hall–Kier alpha value is 0.350. The van der Waals surface area contributed by atoms with Crippen LogP contribution in [0.4, 0.5) is 0 Å². The highest BCUT2D eigenvalue weighted by atomic mass is 32.2. The Balaban J connectivity index is 2.13. The van der Waals surface area contributed by atoms with E-state index in [9.17, 15) is 0 Å². The molecule has 1 heteroatoms. The summed E-state index contributed by atoms with van der Waals surface area (Å²) in [5.41, 5.74) is 0.762. The summed E-state index contributed by atoms with van der Waals surface area (Å²) < 4.78 is 0.802. The minimum absolute atomic E-state index is 0.762. The number of hydrogen-bond donors (Lipinski definition) is 0. The third kappa shape index (κ3) is 0.603. The van der Waals surface area contributed by atoms with Crippen molar-refractivity contribution in [3.63, 3.8) is 0 Å². The second kappa shape index (κ2) is 1.74. The molecule has 0 N–H and O–H groups in total. The molecule has 0 aromatic rings. The topological polar surface area (TPSA) is 0 Å². The number of rotatable bonds is 2. The SMILES string of the molecule is CCC1(C(C)C)CC12CS2. The van der Waals surface area contributed by atoms with Gasteiger partial charge in [0.05, 0.1) is 0 Å². The molecule has 2 rings (SSSR count). The van der Waals surface area contributed by atoms with Gasteiger partial charge < -0.3 is 0 Å². The Bertz CT molecular complexity index is 158. The van der Waals surface area contributed by atoms with Gasteiger partial charge in [0, 0.05) is 10.5 Å². The van der Waals surface area contributed by atoms with Crippen LogP contribution in [-0.4, -0.2) is 10.5 Å². The molecule has 0 aromatic heterocycles. The molecule has 1 aliphatic heterocycles. The van der Waals surface area contributed by atoms with Gasteiger partial charge in [0.15, 0.2) is 0 Å². The highest BCUT2D eigenvalue weighted by molar-refractivity contribution is 8.08. The van der Waals surface area contributed by atoms with Gasteiger partial charge in [-0.15, -0.1) is 0 Å². The molecule has 2 aliphatic rings. The first-order chi connectivity index (χ1) is 4.67. The van der Waals surface area contributed by atoms with Crippen LogP contribution in [0.25, 0.3) is 0 Å². The standard InChI is InChI=1S/C9H16S/c1-4-8(7(2)3)5-9(8)6-10-9/h7H,4-6H2,1-3H3. The number of hydrogen-bond acceptors (Lipinski definition) is 1. The predicted octanol–water partition coefficient (Wildman–Crippen LogP) is 2.93. The van der Waals surface area contributed by atoms with Gasteiger partial charge in [-0.25, -0.2) is 0 Å². The second-order valence-electron chi connectivity index (χ2n) is 4.12. The van der Waals surface area contributed by atoms with E-state index < -0.39 is 0 Å². The lowest BCUT2D eigenvalue weighted by Crippen LogP contribution is -2.14. The molecule has 58 valence electrons. The maximum Gasteiger partial charge on any atom is 0.0316 e. The molecule has 0 aromatic carbocycles. The van der Waals surface area contributed by atoms with Crippen LogP contribution in [0.1, 0.15) is 33.6 Å². The minimum atomic E-state index is 0.762. The molecule has 2 unspecified atom stereocenters. The molecule has 0 nitrogen and oxygen atoms in total. The Morgan fingerprint density at radius 3 is 2.20 bits per heavy atom. The van der Waals surface area contributed by atoms with E-state index >= 15 is 0 Å². The summed E-state index contributed by atoms with van der Waals surface area (Å²) in [6, 6.07) is 0. The summed E-state index contributed by atoms with van der Waals surface area (Å²) in [4.78, 5) is 0. The maximum absolute atomic E-state index is 2.39. The highest BCUT2D eigenvalue weighted by Gasteiger charge is 2.74. The molecule has 1 spiro atoms. The fourth-order valence-electron chi connectivity index (χ4n) is 2.53. The Kier molecular flexibility index (Phi) is 1.22. The molecule has 1 saturated carbocycles. The van der Waals surface area contributed by atoms with Crippen molar-refractivity contribution in [3.05, 3.63) is 0 Å². The summed E-state index contributed by atoms with van der Waals surface area (Å²) in [7, 11) is 0. The first kappa shape index (κ1) is 7.02. The molecule has 1 heterocycles. The van der Waals surface area contributed by atoms with Crippen molar-refractivity contribution in [1.82, 2.24) is 0 Å². The summed E-state index contributed by atoms with van der Waals surface area (Å²) in [5, 5.41) is 0. The van der Waals surface area contributed by atoms with Gasteiger partial charge in [-0.05, 0) is 24.2 Å². The molecule has 2 fully saturated rings. The van der Waals surface area contributed by atoms with Gasteiger partial charge in [0.25, 0.3) is 0 Å². The van der Waals surface area contributed by atoms with Crippen LogP contribution in [-0.2, 0) is 0 Å². The van der Waals surface area contributed by atoms with Gasteiger partial charge in [0.2, 0.25) is 0 Å². The van der Waals surface area contributed by atoms with E-state index in [-0.39, 0.29) is 0 Å². The van der Waals surface area contributed by atoms with Crippen LogP contribution in [0.2, 0.25) is 0 Å². The van der Waals surface area contributed by atoms with Crippen molar-refractivity contribution in [2.75, 3.05) is 5.75 Å². The van der Waals surface area contributed by atoms with Gasteiger partial charge in [0.1, 0.15) is 0 Å². The smallest absolute Gasteiger partial charge is 0.0316 e. The first-order valence-corrected chi connectivity index (χ1v) is 5.29. The summed E-state index contributed by atoms with van der Waals surface area (Å²) in [6.45, 7) is 7.13. The van der Waals surface area contributed by atoms with E-state index in [4.69, 9.17) is 0 Å². The van der Waals surface area contributed by atoms with Gasteiger partial charge in [-0.3, -0.25) is 0 Å². The predicted molar refractivity (Wildman–Crippen MR) is 47.4 cm³/mol. The summed E-state index contributed by atoms with van der Waals surface area (Å²) in [6.07, 6.45) is 2.91. The molecule has 1 saturated heterocycles. The molecular weight excluding hydrogens is 140 g/mol. The van der Waals surface area contributed by atoms with E-state index in [0.29, 0.717) is 0 Å². The lowest BCUT2D eigenvalue weighted by atomic mass is 9.87. The third-order valence-electron chi connectivity index (χ3n) is 3.61. The van der Waals surface area contributed by atoms with Crippen molar-refractivity contribution < 1.29 is 0 Å². The van der Waals surface area contributed by atoms with Crippen LogP contribution < -0.4 is 0 Å². The van der Waals surface area contributed by atoms with Crippen LogP contribution in [0, 0.1) is 11.3 Å². The Labute approximate surface area is 67.8 Å². The zero-order chi connectivity index (χ0) is 7.41. The van der Waals surface area contributed by atoms with Crippen molar-refractivity contribution in [3.8, 4) is 0 Å². The van der Waals surface area contributed by atoms with E-state index in [1.807, 2.05) is 0 Å². The van der Waals surface area contributed by atoms with E-state index in [2.05, 4.69) is 32.5 Å². The highest BCUT2D eigenvalue weighted by Crippen LogP contribution is 2.79. The van der Waals surface area contributed by atoms with Crippen LogP contribution in [0.15, 0.2) is 0 Å². The van der Waals surface area contributed by atoms with Crippen LogP contribution in [0.5, 0.6) is 0 Å². The lowest BCUT2D eigenvalue weighted by Gasteiger charge is -2.18. The molecule has 0 radical (unpaired) electrons. The van der Waals surface area contributed by atoms with Crippen molar-refractivity contribution in [1.29, 1.82) is 0 Å². The lowest BCUT2D eigenvalue weighted by molar-refractivity contribution is 0.337. The fourth-order valence-corrected chi connectivity index (χ4v) is 4.12. The maximum atomic E-state index is 2.39. The average molecular weight is 156 g/mol. The summed E-state index contributed by atoms with van der Waals surface area (Å²) >= 11 is 2.20. The van der Waals surface area contributed by atoms with Crippen molar-refractivity contribution in [2.45, 2.75) is 38.4 Å². The van der Waals surface area contributed by atoms with Crippen LogP contribution in [0.3, 0.4) is 0 Å². The molecule has 10 heavy (non-hydrogen) atoms. The Morgan fingerprint density at radius 1 is 1.50 bits per heavy atom. The van der Waals surface area contributed by atoms with E-state index in [0.717, 1.165) is 16.1 Å². The number of thioether (sulfide) groups is 1. The fraction of sp³-hybridized carbons (Fsp3) is 1.00. The average Bonchev–Trinajstić information content (AvgIpc) is 2.74. The molecular formula is C9H16S. The van der Waals surface area contributed by atoms with Crippen molar-refractivity contribution in [2.24, 2.45) is 11.3 Å². The zero-order valence-corrected chi connectivity index (χ0v) is 7.92. The molecule has 2 atom stereocenters. The van der Waals surface area contributed by atoms with Gasteiger partial charge in [-0.1, -0.05) is 20.8 Å². The summed E-state index contributed by atoms with van der Waals surface area (Å²) in [5.74, 6) is 2.37. The monoisotopic (exact) mass is 156 g/mol. The first-order valence-electron chi connectivity index (χ1n) is 4.31. The van der Waals surface area contributed by atoms with Crippen LogP contribution >= 0.6 is 11.8 Å². The Morgan fingerprint density at radius 2 is 2.10 bits per heavy atom. The minimum Gasteiger partial charge on any atom is -0.152 e. The largest absolute Gasteiger partial charge is 0.152 e. The third-order valence-corrected chi connectivity index (χ3v) is 5.15. The van der Waals surface area contributed by atoms with Gasteiger partial charge >= 0.3 is 0 Å². The molecule has 1 aliphatic carbocycles. The molecule has 0 bridgehead atoms. The van der Waals surface area contributed by atoms with Gasteiger partial charge in [-0.2, -0.15) is 11.8 Å². The normalized spacial score (nSPS) is 50.4. The van der Waals surface area contributed by atoms with Crippen molar-refractivity contribution >= 4 is 11.8 Å². The second-order valence-corrected chi connectivity index (χ2v) is 5.48. The quantitative estimate of drug-likeness (QED) is 0.554. The van der Waals surface area contributed by atoms with E-state index in [1.54, 1.807) is 0 Å². The molecule has 0 amide bonds.